The molecule has 0 saturated carbocycles. The molecule has 1 aliphatic heterocycles. The zero-order valence-corrected chi connectivity index (χ0v) is 11.7. The second kappa shape index (κ2) is 6.10. The van der Waals surface area contributed by atoms with Gasteiger partial charge in [-0.2, -0.15) is 0 Å². The number of anilines is 1. The highest BCUT2D eigenvalue weighted by atomic mass is 16.5. The molecule has 1 aliphatic rings. The fraction of sp³-hybridized carbons (Fsp3) is 0.600. The molecule has 0 radical (unpaired) electrons. The summed E-state index contributed by atoms with van der Waals surface area (Å²) in [4.78, 5) is 2.49. The number of fused-ring (bicyclic) bond motifs is 1. The molecular formula is C15H24N2O. The number of rotatable bonds is 4. The molecular weight excluding hydrogens is 224 g/mol. The van der Waals surface area contributed by atoms with Gasteiger partial charge in [-0.25, -0.2) is 0 Å². The molecule has 0 bridgehead atoms. The zero-order chi connectivity index (χ0) is 13.0. The van der Waals surface area contributed by atoms with Crippen molar-refractivity contribution in [2.24, 2.45) is 0 Å². The van der Waals surface area contributed by atoms with Crippen molar-refractivity contribution in [1.82, 2.24) is 5.32 Å². The number of nitrogens with one attached hydrogen (secondary N) is 1. The van der Waals surface area contributed by atoms with Crippen LogP contribution in [0.5, 0.6) is 5.75 Å². The average molecular weight is 248 g/mol. The second-order valence-electron chi connectivity index (χ2n) is 5.08. The van der Waals surface area contributed by atoms with Gasteiger partial charge in [-0.15, -0.1) is 0 Å². The minimum atomic E-state index is 0.528. The Balaban J connectivity index is 2.28. The van der Waals surface area contributed by atoms with Crippen molar-refractivity contribution in [3.8, 4) is 5.75 Å². The van der Waals surface area contributed by atoms with E-state index >= 15 is 0 Å². The van der Waals surface area contributed by atoms with Crippen molar-refractivity contribution in [3.05, 3.63) is 23.8 Å². The molecule has 2 rings (SSSR count). The van der Waals surface area contributed by atoms with Crippen LogP contribution in [0.1, 0.15) is 32.3 Å². The minimum absolute atomic E-state index is 0.528. The van der Waals surface area contributed by atoms with E-state index in [0.29, 0.717) is 6.04 Å². The van der Waals surface area contributed by atoms with E-state index in [2.05, 4.69) is 42.3 Å². The molecule has 100 valence electrons. The Morgan fingerprint density at radius 1 is 1.44 bits per heavy atom. The maximum Gasteiger partial charge on any atom is 0.120 e. The summed E-state index contributed by atoms with van der Waals surface area (Å²) >= 11 is 0. The zero-order valence-electron chi connectivity index (χ0n) is 11.7. The van der Waals surface area contributed by atoms with Crippen LogP contribution in [-0.4, -0.2) is 26.2 Å². The lowest BCUT2D eigenvalue weighted by Crippen LogP contribution is -2.36. The van der Waals surface area contributed by atoms with Gasteiger partial charge in [0.1, 0.15) is 5.75 Å². The Kier molecular flexibility index (Phi) is 4.48. The summed E-state index contributed by atoms with van der Waals surface area (Å²) in [5, 5.41) is 3.56. The second-order valence-corrected chi connectivity index (χ2v) is 5.08. The van der Waals surface area contributed by atoms with Crippen molar-refractivity contribution < 1.29 is 4.74 Å². The molecule has 0 saturated heterocycles. The van der Waals surface area contributed by atoms with Gasteiger partial charge in [-0.3, -0.25) is 0 Å². The summed E-state index contributed by atoms with van der Waals surface area (Å²) in [6.45, 7) is 7.64. The first-order valence-corrected chi connectivity index (χ1v) is 6.89. The monoisotopic (exact) mass is 248 g/mol. The van der Waals surface area contributed by atoms with Crippen LogP contribution in [0.3, 0.4) is 0 Å². The minimum Gasteiger partial charge on any atom is -0.497 e. The number of hydrogen-bond donors (Lipinski definition) is 1. The van der Waals surface area contributed by atoms with Gasteiger partial charge in [0.15, 0.2) is 0 Å². The Bertz CT molecular complexity index is 392. The van der Waals surface area contributed by atoms with E-state index in [1.165, 1.54) is 24.1 Å². The number of unbranched alkanes of at least 4 members (excludes halogenated alkanes) is 1. The first-order chi connectivity index (χ1) is 8.74. The summed E-state index contributed by atoms with van der Waals surface area (Å²) in [7, 11) is 1.73. The molecule has 1 aromatic rings. The normalized spacial score (nSPS) is 19.3. The van der Waals surface area contributed by atoms with Crippen LogP contribution < -0.4 is 15.0 Å². The highest BCUT2D eigenvalue weighted by Gasteiger charge is 2.18. The van der Waals surface area contributed by atoms with Crippen LogP contribution in [0, 0.1) is 0 Å². The van der Waals surface area contributed by atoms with Crippen molar-refractivity contribution >= 4 is 5.69 Å². The summed E-state index contributed by atoms with van der Waals surface area (Å²) in [5.41, 5.74) is 2.70. The van der Waals surface area contributed by atoms with Crippen LogP contribution in [0.15, 0.2) is 18.2 Å². The molecule has 1 unspecified atom stereocenters. The number of methoxy groups -OCH3 is 1. The van der Waals surface area contributed by atoms with Gasteiger partial charge in [0.05, 0.1) is 7.11 Å². The molecule has 0 fully saturated rings. The molecule has 3 nitrogen and oxygen atoms in total. The van der Waals surface area contributed by atoms with E-state index in [1.54, 1.807) is 7.11 Å². The highest BCUT2D eigenvalue weighted by molar-refractivity contribution is 5.58. The predicted molar refractivity (Wildman–Crippen MR) is 76.4 cm³/mol. The quantitative estimate of drug-likeness (QED) is 0.886. The molecule has 18 heavy (non-hydrogen) atoms. The number of ether oxygens (including phenoxy) is 1. The lowest BCUT2D eigenvalue weighted by atomic mass is 10.1. The van der Waals surface area contributed by atoms with E-state index in [-0.39, 0.29) is 0 Å². The van der Waals surface area contributed by atoms with Gasteiger partial charge in [0.2, 0.25) is 0 Å². The first-order valence-electron chi connectivity index (χ1n) is 6.89. The molecule has 1 aromatic carbocycles. The predicted octanol–water partition coefficient (Wildman–Crippen LogP) is 2.79. The van der Waals surface area contributed by atoms with Crippen LogP contribution in [0.25, 0.3) is 0 Å². The molecule has 0 spiro atoms. The molecule has 0 aliphatic carbocycles. The largest absolute Gasteiger partial charge is 0.497 e. The number of nitrogens with zero attached hydrogens (tertiary/aromatic N) is 1. The smallest absolute Gasteiger partial charge is 0.120 e. The van der Waals surface area contributed by atoms with E-state index in [9.17, 15) is 0 Å². The Labute approximate surface area is 110 Å². The van der Waals surface area contributed by atoms with Crippen LogP contribution in [0.4, 0.5) is 5.69 Å². The van der Waals surface area contributed by atoms with E-state index in [4.69, 9.17) is 4.74 Å². The van der Waals surface area contributed by atoms with Gasteiger partial charge in [-0.1, -0.05) is 19.4 Å². The molecule has 0 aromatic heterocycles. The van der Waals surface area contributed by atoms with Crippen LogP contribution in [-0.2, 0) is 6.54 Å². The third-order valence-corrected chi connectivity index (χ3v) is 3.55. The summed E-state index contributed by atoms with van der Waals surface area (Å²) in [5.74, 6) is 0.949. The van der Waals surface area contributed by atoms with E-state index in [1.807, 2.05) is 0 Å². The first kappa shape index (κ1) is 13.2. The average Bonchev–Trinajstić information content (AvgIpc) is 2.55. The Hall–Kier alpha value is -1.22. The van der Waals surface area contributed by atoms with E-state index in [0.717, 1.165) is 25.4 Å². The number of benzene rings is 1. The molecule has 1 heterocycles. The maximum atomic E-state index is 5.35. The van der Waals surface area contributed by atoms with Crippen molar-refractivity contribution in [2.45, 2.75) is 39.3 Å². The lowest BCUT2D eigenvalue weighted by Gasteiger charge is -2.26. The van der Waals surface area contributed by atoms with Gasteiger partial charge in [0, 0.05) is 37.4 Å². The lowest BCUT2D eigenvalue weighted by molar-refractivity contribution is 0.414. The van der Waals surface area contributed by atoms with Gasteiger partial charge < -0.3 is 15.0 Å². The summed E-state index contributed by atoms with van der Waals surface area (Å²) in [6, 6.07) is 6.93. The van der Waals surface area contributed by atoms with Gasteiger partial charge in [0.25, 0.3) is 0 Å². The summed E-state index contributed by atoms with van der Waals surface area (Å²) in [6.07, 6.45) is 2.47. The molecule has 1 N–H and O–H groups in total. The third kappa shape index (κ3) is 2.96. The molecule has 1 atom stereocenters. The van der Waals surface area contributed by atoms with Gasteiger partial charge in [-0.05, 0) is 25.0 Å². The van der Waals surface area contributed by atoms with Crippen molar-refractivity contribution in [2.75, 3.05) is 25.1 Å². The topological polar surface area (TPSA) is 24.5 Å². The van der Waals surface area contributed by atoms with Crippen molar-refractivity contribution in [1.29, 1.82) is 0 Å². The standard InChI is InChI=1S/C15H24N2O/c1-4-5-8-17-11-12(2)16-10-13-6-7-14(18-3)9-15(13)17/h6-7,9,12,16H,4-5,8,10-11H2,1-3H3. The maximum absolute atomic E-state index is 5.35. The van der Waals surface area contributed by atoms with Crippen LogP contribution >= 0.6 is 0 Å². The number of hydrogen-bond acceptors (Lipinski definition) is 3. The highest BCUT2D eigenvalue weighted by Crippen LogP contribution is 2.28. The molecule has 0 amide bonds. The van der Waals surface area contributed by atoms with E-state index < -0.39 is 0 Å². The molecule has 3 heteroatoms. The Morgan fingerprint density at radius 3 is 3.00 bits per heavy atom. The van der Waals surface area contributed by atoms with Crippen LogP contribution in [0.2, 0.25) is 0 Å². The van der Waals surface area contributed by atoms with Crippen molar-refractivity contribution in [3.63, 3.8) is 0 Å². The SMILES string of the molecule is CCCCN1CC(C)NCc2ccc(OC)cc21. The third-order valence-electron chi connectivity index (χ3n) is 3.55. The van der Waals surface area contributed by atoms with Gasteiger partial charge >= 0.3 is 0 Å². The summed E-state index contributed by atoms with van der Waals surface area (Å²) < 4.78 is 5.35. The Morgan fingerprint density at radius 2 is 2.28 bits per heavy atom. The fourth-order valence-electron chi connectivity index (χ4n) is 2.45. The fourth-order valence-corrected chi connectivity index (χ4v) is 2.45.